The number of aromatic nitrogens is 1. The van der Waals surface area contributed by atoms with Crippen molar-refractivity contribution in [2.75, 3.05) is 7.05 Å². The molecule has 5 nitrogen and oxygen atoms in total. The third-order valence-electron chi connectivity index (χ3n) is 4.19. The van der Waals surface area contributed by atoms with Crippen LogP contribution in [0.1, 0.15) is 24.1 Å². The molecular formula is C22H23FN4O. The van der Waals surface area contributed by atoms with Crippen molar-refractivity contribution < 1.29 is 9.13 Å². The van der Waals surface area contributed by atoms with Gasteiger partial charge < -0.3 is 15.4 Å². The lowest BCUT2D eigenvalue weighted by Gasteiger charge is -2.18. The summed E-state index contributed by atoms with van der Waals surface area (Å²) in [4.78, 5) is 8.19. The highest BCUT2D eigenvalue weighted by atomic mass is 19.1. The van der Waals surface area contributed by atoms with Crippen molar-refractivity contribution in [1.82, 2.24) is 15.6 Å². The Morgan fingerprint density at radius 2 is 1.96 bits per heavy atom. The summed E-state index contributed by atoms with van der Waals surface area (Å²) in [7, 11) is 1.71. The van der Waals surface area contributed by atoms with E-state index in [1.165, 1.54) is 6.07 Å². The molecule has 0 fully saturated rings. The number of ether oxygens (including phenoxy) is 1. The number of nitrogens with zero attached hydrogens (tertiary/aromatic N) is 2. The molecule has 3 rings (SSSR count). The maximum Gasteiger partial charge on any atom is 0.191 e. The molecule has 0 radical (unpaired) electrons. The molecule has 3 aromatic rings. The molecule has 2 N–H and O–H groups in total. The summed E-state index contributed by atoms with van der Waals surface area (Å²) < 4.78 is 19.9. The molecule has 0 aliphatic heterocycles. The number of benzene rings is 2. The summed E-state index contributed by atoms with van der Waals surface area (Å²) in [5.41, 5.74) is 1.94. The van der Waals surface area contributed by atoms with Crippen LogP contribution in [0.25, 0.3) is 0 Å². The van der Waals surface area contributed by atoms with E-state index in [4.69, 9.17) is 4.74 Å². The monoisotopic (exact) mass is 378 g/mol. The van der Waals surface area contributed by atoms with Crippen molar-refractivity contribution in [3.8, 4) is 11.5 Å². The second kappa shape index (κ2) is 9.50. The van der Waals surface area contributed by atoms with Gasteiger partial charge in [0.25, 0.3) is 0 Å². The second-order valence-electron chi connectivity index (χ2n) is 6.26. The van der Waals surface area contributed by atoms with E-state index in [-0.39, 0.29) is 11.8 Å². The van der Waals surface area contributed by atoms with Gasteiger partial charge in [-0.05, 0) is 42.3 Å². The quantitative estimate of drug-likeness (QED) is 0.492. The minimum absolute atomic E-state index is 0.0967. The van der Waals surface area contributed by atoms with Crippen LogP contribution in [0.15, 0.2) is 78.0 Å². The zero-order chi connectivity index (χ0) is 19.8. The van der Waals surface area contributed by atoms with E-state index in [0.717, 1.165) is 11.1 Å². The van der Waals surface area contributed by atoms with Crippen LogP contribution >= 0.6 is 0 Å². The summed E-state index contributed by atoms with van der Waals surface area (Å²) in [6.45, 7) is 2.50. The van der Waals surface area contributed by atoms with Gasteiger partial charge in [0.15, 0.2) is 17.5 Å². The molecular weight excluding hydrogens is 355 g/mol. The van der Waals surface area contributed by atoms with Gasteiger partial charge in [0, 0.05) is 19.8 Å². The van der Waals surface area contributed by atoms with Gasteiger partial charge in [-0.1, -0.05) is 36.4 Å². The van der Waals surface area contributed by atoms with Crippen molar-refractivity contribution in [3.63, 3.8) is 0 Å². The lowest BCUT2D eigenvalue weighted by Crippen LogP contribution is -2.38. The summed E-state index contributed by atoms with van der Waals surface area (Å²) in [6.07, 6.45) is 3.18. The standard InChI is InChI=1S/C22H23FN4O/c1-16(18-7-4-3-5-8-18)27-22(24-2)26-14-17-10-11-21(20(23)13-17)28-19-9-6-12-25-15-19/h3-13,15-16H,14H2,1-2H3,(H2,24,26,27). The Morgan fingerprint density at radius 1 is 1.14 bits per heavy atom. The Morgan fingerprint density at radius 3 is 2.64 bits per heavy atom. The van der Waals surface area contributed by atoms with Gasteiger partial charge in [0.05, 0.1) is 12.2 Å². The van der Waals surface area contributed by atoms with Crippen molar-refractivity contribution >= 4 is 5.96 Å². The Balaban J connectivity index is 1.58. The molecule has 1 aromatic heterocycles. The lowest BCUT2D eigenvalue weighted by molar-refractivity contribution is 0.440. The Hall–Kier alpha value is -3.41. The molecule has 28 heavy (non-hydrogen) atoms. The molecule has 144 valence electrons. The van der Waals surface area contributed by atoms with E-state index in [2.05, 4.69) is 39.7 Å². The SMILES string of the molecule is CN=C(NCc1ccc(Oc2cccnc2)c(F)c1)NC(C)c1ccccc1. The van der Waals surface area contributed by atoms with Crippen molar-refractivity contribution in [1.29, 1.82) is 0 Å². The van der Waals surface area contributed by atoms with E-state index in [9.17, 15) is 4.39 Å². The third-order valence-corrected chi connectivity index (χ3v) is 4.19. The van der Waals surface area contributed by atoms with Crippen LogP contribution in [0, 0.1) is 5.82 Å². The van der Waals surface area contributed by atoms with Crippen molar-refractivity contribution in [2.24, 2.45) is 4.99 Å². The van der Waals surface area contributed by atoms with E-state index in [0.29, 0.717) is 18.3 Å². The summed E-state index contributed by atoms with van der Waals surface area (Å²) >= 11 is 0. The molecule has 0 amide bonds. The van der Waals surface area contributed by atoms with Gasteiger partial charge in [0.2, 0.25) is 0 Å². The number of rotatable bonds is 6. The molecule has 1 unspecified atom stereocenters. The molecule has 0 aliphatic rings. The number of hydrogen-bond donors (Lipinski definition) is 2. The van der Waals surface area contributed by atoms with Crippen LogP contribution in [-0.2, 0) is 6.54 Å². The highest BCUT2D eigenvalue weighted by Gasteiger charge is 2.09. The Bertz CT molecular complexity index is 916. The minimum Gasteiger partial charge on any atom is -0.453 e. The highest BCUT2D eigenvalue weighted by molar-refractivity contribution is 5.80. The molecule has 0 saturated heterocycles. The smallest absolute Gasteiger partial charge is 0.191 e. The average Bonchev–Trinajstić information content (AvgIpc) is 2.74. The molecule has 0 aliphatic carbocycles. The fraction of sp³-hybridized carbons (Fsp3) is 0.182. The number of pyridine rings is 1. The molecule has 0 spiro atoms. The first-order chi connectivity index (χ1) is 13.7. The summed E-state index contributed by atoms with van der Waals surface area (Å²) in [6, 6.07) is 18.5. The van der Waals surface area contributed by atoms with Gasteiger partial charge >= 0.3 is 0 Å². The van der Waals surface area contributed by atoms with Crippen molar-refractivity contribution in [3.05, 3.63) is 90.0 Å². The van der Waals surface area contributed by atoms with Crippen LogP contribution in [-0.4, -0.2) is 18.0 Å². The van der Waals surface area contributed by atoms with E-state index in [1.807, 2.05) is 24.3 Å². The first-order valence-electron chi connectivity index (χ1n) is 9.04. The maximum absolute atomic E-state index is 14.4. The number of guanidine groups is 1. The van der Waals surface area contributed by atoms with Gasteiger partial charge in [-0.3, -0.25) is 9.98 Å². The molecule has 6 heteroatoms. The van der Waals surface area contributed by atoms with Crippen LogP contribution in [0.4, 0.5) is 4.39 Å². The molecule has 1 atom stereocenters. The Kier molecular flexibility index (Phi) is 6.57. The minimum atomic E-state index is -0.427. The van der Waals surface area contributed by atoms with E-state index in [1.54, 1.807) is 37.6 Å². The third kappa shape index (κ3) is 5.30. The van der Waals surface area contributed by atoms with Crippen LogP contribution < -0.4 is 15.4 Å². The van der Waals surface area contributed by atoms with Gasteiger partial charge in [-0.2, -0.15) is 0 Å². The van der Waals surface area contributed by atoms with Crippen molar-refractivity contribution in [2.45, 2.75) is 19.5 Å². The normalized spacial score (nSPS) is 12.3. The maximum atomic E-state index is 14.4. The topological polar surface area (TPSA) is 58.5 Å². The van der Waals surface area contributed by atoms with Crippen LogP contribution in [0.3, 0.4) is 0 Å². The molecule has 2 aromatic carbocycles. The fourth-order valence-corrected chi connectivity index (χ4v) is 2.68. The van der Waals surface area contributed by atoms with E-state index < -0.39 is 5.82 Å². The van der Waals surface area contributed by atoms with Gasteiger partial charge in [0.1, 0.15) is 5.75 Å². The van der Waals surface area contributed by atoms with Gasteiger partial charge in [-0.15, -0.1) is 0 Å². The summed E-state index contributed by atoms with van der Waals surface area (Å²) in [5.74, 6) is 0.875. The zero-order valence-corrected chi connectivity index (χ0v) is 15.9. The molecule has 0 bridgehead atoms. The average molecular weight is 378 g/mol. The molecule has 1 heterocycles. The Labute approximate surface area is 164 Å². The molecule has 0 saturated carbocycles. The first kappa shape index (κ1) is 19.4. The van der Waals surface area contributed by atoms with Crippen LogP contribution in [0.5, 0.6) is 11.5 Å². The number of aliphatic imine (C=N–C) groups is 1. The predicted molar refractivity (Wildman–Crippen MR) is 109 cm³/mol. The highest BCUT2D eigenvalue weighted by Crippen LogP contribution is 2.24. The fourth-order valence-electron chi connectivity index (χ4n) is 2.68. The largest absolute Gasteiger partial charge is 0.453 e. The van der Waals surface area contributed by atoms with E-state index >= 15 is 0 Å². The predicted octanol–water partition coefficient (Wildman–Crippen LogP) is 4.44. The number of hydrogen-bond acceptors (Lipinski definition) is 3. The number of halogens is 1. The zero-order valence-electron chi connectivity index (χ0n) is 15.9. The lowest BCUT2D eigenvalue weighted by atomic mass is 10.1. The first-order valence-corrected chi connectivity index (χ1v) is 9.04. The summed E-state index contributed by atoms with van der Waals surface area (Å²) in [5, 5.41) is 6.53. The van der Waals surface area contributed by atoms with Gasteiger partial charge in [-0.25, -0.2) is 4.39 Å². The van der Waals surface area contributed by atoms with Crippen LogP contribution in [0.2, 0.25) is 0 Å². The number of nitrogens with one attached hydrogen (secondary N) is 2. The second-order valence-corrected chi connectivity index (χ2v) is 6.26.